The van der Waals surface area contributed by atoms with E-state index in [2.05, 4.69) is 0 Å². The van der Waals surface area contributed by atoms with Crippen LogP contribution in [-0.2, 0) is 11.2 Å². The molecule has 0 fully saturated rings. The van der Waals surface area contributed by atoms with Crippen LogP contribution in [0.25, 0.3) is 0 Å². The van der Waals surface area contributed by atoms with Crippen molar-refractivity contribution in [3.8, 4) is 5.75 Å². The van der Waals surface area contributed by atoms with E-state index in [1.165, 1.54) is 0 Å². The molecule has 1 aromatic carbocycles. The lowest BCUT2D eigenvalue weighted by Crippen LogP contribution is -2.04. The van der Waals surface area contributed by atoms with E-state index in [4.69, 9.17) is 9.84 Å². The van der Waals surface area contributed by atoms with Crippen molar-refractivity contribution in [1.82, 2.24) is 0 Å². The average Bonchev–Trinajstić information content (AvgIpc) is 2.20. The Kier molecular flexibility index (Phi) is 4.49. The van der Waals surface area contributed by atoms with Crippen molar-refractivity contribution >= 4 is 17.7 Å². The van der Waals surface area contributed by atoms with Crippen LogP contribution in [0.15, 0.2) is 23.1 Å². The van der Waals surface area contributed by atoms with Crippen LogP contribution in [0, 0.1) is 0 Å². The summed E-state index contributed by atoms with van der Waals surface area (Å²) in [5.74, 6) is 0.730. The van der Waals surface area contributed by atoms with Crippen molar-refractivity contribution < 1.29 is 14.6 Å². The topological polar surface area (TPSA) is 46.5 Å². The van der Waals surface area contributed by atoms with Crippen molar-refractivity contribution in [1.29, 1.82) is 0 Å². The molecular formula is C11H14O3S. The van der Waals surface area contributed by atoms with E-state index >= 15 is 0 Å². The summed E-state index contributed by atoms with van der Waals surface area (Å²) in [7, 11) is 1.56. The Morgan fingerprint density at radius 1 is 1.53 bits per heavy atom. The Hall–Kier alpha value is -1.16. The van der Waals surface area contributed by atoms with Crippen LogP contribution < -0.4 is 4.74 Å². The minimum atomic E-state index is -0.836. The van der Waals surface area contributed by atoms with Gasteiger partial charge < -0.3 is 9.84 Å². The number of hydrogen-bond acceptors (Lipinski definition) is 3. The van der Waals surface area contributed by atoms with Crippen LogP contribution in [0.1, 0.15) is 12.5 Å². The number of carboxylic acids is 1. The van der Waals surface area contributed by atoms with E-state index in [9.17, 15) is 4.79 Å². The van der Waals surface area contributed by atoms with Gasteiger partial charge in [0.25, 0.3) is 0 Å². The summed E-state index contributed by atoms with van der Waals surface area (Å²) in [5.41, 5.74) is 0.763. The van der Waals surface area contributed by atoms with E-state index < -0.39 is 5.97 Å². The predicted octanol–water partition coefficient (Wildman–Crippen LogP) is 2.43. The summed E-state index contributed by atoms with van der Waals surface area (Å²) in [6, 6.07) is 5.59. The fourth-order valence-corrected chi connectivity index (χ4v) is 2.19. The fraction of sp³-hybridized carbons (Fsp3) is 0.364. The molecule has 0 saturated heterocycles. The lowest BCUT2D eigenvalue weighted by molar-refractivity contribution is -0.136. The van der Waals surface area contributed by atoms with Gasteiger partial charge in [-0.1, -0.05) is 13.0 Å². The van der Waals surface area contributed by atoms with Gasteiger partial charge in [-0.25, -0.2) is 0 Å². The normalized spacial score (nSPS) is 10.0. The van der Waals surface area contributed by atoms with Crippen LogP contribution in [0.2, 0.25) is 0 Å². The number of hydrogen-bond donors (Lipinski definition) is 1. The molecule has 0 aliphatic carbocycles. The number of benzene rings is 1. The minimum Gasteiger partial charge on any atom is -0.496 e. The first-order chi connectivity index (χ1) is 7.19. The maximum atomic E-state index is 10.7. The molecule has 0 saturated carbocycles. The second-order valence-electron chi connectivity index (χ2n) is 2.94. The lowest BCUT2D eigenvalue weighted by atomic mass is 10.1. The van der Waals surface area contributed by atoms with Crippen molar-refractivity contribution in [3.63, 3.8) is 0 Å². The quantitative estimate of drug-likeness (QED) is 0.783. The summed E-state index contributed by atoms with van der Waals surface area (Å²) >= 11 is 1.63. The maximum absolute atomic E-state index is 10.7. The second kappa shape index (κ2) is 5.66. The molecule has 4 heteroatoms. The van der Waals surface area contributed by atoms with Gasteiger partial charge in [0.15, 0.2) is 0 Å². The van der Waals surface area contributed by atoms with Gasteiger partial charge in [-0.3, -0.25) is 4.79 Å². The van der Waals surface area contributed by atoms with E-state index in [0.717, 1.165) is 16.2 Å². The number of rotatable bonds is 5. The molecule has 1 rings (SSSR count). The van der Waals surface area contributed by atoms with Gasteiger partial charge in [-0.15, -0.1) is 11.8 Å². The Morgan fingerprint density at radius 2 is 2.27 bits per heavy atom. The Bertz CT molecular complexity index is 350. The molecular weight excluding hydrogens is 212 g/mol. The van der Waals surface area contributed by atoms with Gasteiger partial charge in [0, 0.05) is 10.5 Å². The molecule has 3 nitrogen and oxygen atoms in total. The second-order valence-corrected chi connectivity index (χ2v) is 4.25. The molecule has 1 aromatic rings. The number of ether oxygens (including phenoxy) is 1. The molecule has 0 aliphatic rings. The van der Waals surface area contributed by atoms with Crippen LogP contribution >= 0.6 is 11.8 Å². The van der Waals surface area contributed by atoms with Crippen LogP contribution in [0.5, 0.6) is 5.75 Å². The molecule has 0 spiro atoms. The number of carboxylic acid groups (broad SMARTS) is 1. The Morgan fingerprint density at radius 3 is 2.80 bits per heavy atom. The molecule has 0 heterocycles. The van der Waals surface area contributed by atoms with Gasteiger partial charge in [-0.05, 0) is 17.9 Å². The molecule has 0 aliphatic heterocycles. The van der Waals surface area contributed by atoms with E-state index in [1.54, 1.807) is 24.9 Å². The van der Waals surface area contributed by atoms with Crippen LogP contribution in [0.4, 0.5) is 0 Å². The standard InChI is InChI=1S/C11H14O3S/c1-3-15-10-6-4-5-9(14-2)8(10)7-11(12)13/h4-6H,3,7H2,1-2H3,(H,12,13). The van der Waals surface area contributed by atoms with Gasteiger partial charge in [0.05, 0.1) is 13.5 Å². The number of methoxy groups -OCH3 is 1. The monoisotopic (exact) mass is 226 g/mol. The molecule has 0 atom stereocenters. The molecule has 0 aromatic heterocycles. The molecule has 0 bridgehead atoms. The molecule has 15 heavy (non-hydrogen) atoms. The first-order valence-corrected chi connectivity index (χ1v) is 5.68. The smallest absolute Gasteiger partial charge is 0.308 e. The number of aliphatic carboxylic acids is 1. The van der Waals surface area contributed by atoms with Gasteiger partial charge in [0.2, 0.25) is 0 Å². The van der Waals surface area contributed by atoms with Crippen molar-refractivity contribution in [2.75, 3.05) is 12.9 Å². The van der Waals surface area contributed by atoms with Crippen LogP contribution in [0.3, 0.4) is 0 Å². The zero-order valence-electron chi connectivity index (χ0n) is 8.82. The highest BCUT2D eigenvalue weighted by atomic mass is 32.2. The van der Waals surface area contributed by atoms with E-state index in [0.29, 0.717) is 5.75 Å². The SMILES string of the molecule is CCSc1cccc(OC)c1CC(=O)O. The molecule has 0 radical (unpaired) electrons. The molecule has 1 N–H and O–H groups in total. The highest BCUT2D eigenvalue weighted by Crippen LogP contribution is 2.30. The Labute approximate surface area is 93.4 Å². The number of thioether (sulfide) groups is 1. The van der Waals surface area contributed by atoms with Crippen molar-refractivity contribution in [2.24, 2.45) is 0 Å². The fourth-order valence-electron chi connectivity index (χ4n) is 1.35. The number of carbonyl (C=O) groups is 1. The summed E-state index contributed by atoms with van der Waals surface area (Å²) < 4.78 is 5.16. The summed E-state index contributed by atoms with van der Waals surface area (Å²) in [4.78, 5) is 11.7. The largest absolute Gasteiger partial charge is 0.496 e. The Balaban J connectivity index is 3.08. The van der Waals surface area contributed by atoms with Crippen LogP contribution in [-0.4, -0.2) is 23.9 Å². The van der Waals surface area contributed by atoms with Crippen molar-refractivity contribution in [3.05, 3.63) is 23.8 Å². The predicted molar refractivity (Wildman–Crippen MR) is 60.7 cm³/mol. The zero-order chi connectivity index (χ0) is 11.3. The summed E-state index contributed by atoms with van der Waals surface area (Å²) in [5, 5.41) is 8.81. The van der Waals surface area contributed by atoms with Crippen molar-refractivity contribution in [2.45, 2.75) is 18.2 Å². The lowest BCUT2D eigenvalue weighted by Gasteiger charge is -2.11. The van der Waals surface area contributed by atoms with Gasteiger partial charge >= 0.3 is 5.97 Å². The highest BCUT2D eigenvalue weighted by Gasteiger charge is 2.12. The third kappa shape index (κ3) is 3.16. The first-order valence-electron chi connectivity index (χ1n) is 4.69. The average molecular weight is 226 g/mol. The summed E-state index contributed by atoms with van der Waals surface area (Å²) in [6.45, 7) is 2.04. The maximum Gasteiger partial charge on any atom is 0.308 e. The van der Waals surface area contributed by atoms with E-state index in [1.807, 2.05) is 19.1 Å². The highest BCUT2D eigenvalue weighted by molar-refractivity contribution is 7.99. The minimum absolute atomic E-state index is 0.00630. The third-order valence-electron chi connectivity index (χ3n) is 1.94. The molecule has 0 unspecified atom stereocenters. The molecule has 0 amide bonds. The van der Waals surface area contributed by atoms with E-state index in [-0.39, 0.29) is 6.42 Å². The molecule has 82 valence electrons. The first kappa shape index (κ1) is 11.9. The summed E-state index contributed by atoms with van der Waals surface area (Å²) in [6.07, 6.45) is 0.00630. The van der Waals surface area contributed by atoms with Gasteiger partial charge in [0.1, 0.15) is 5.75 Å². The third-order valence-corrected chi connectivity index (χ3v) is 2.92. The van der Waals surface area contributed by atoms with Gasteiger partial charge in [-0.2, -0.15) is 0 Å². The zero-order valence-corrected chi connectivity index (χ0v) is 9.63.